The number of benzene rings is 1. The van der Waals surface area contributed by atoms with E-state index in [0.29, 0.717) is 16.6 Å². The van der Waals surface area contributed by atoms with E-state index in [1.165, 1.54) is 6.07 Å². The minimum atomic E-state index is -1.36. The van der Waals surface area contributed by atoms with Crippen molar-refractivity contribution in [3.05, 3.63) is 29.6 Å². The predicted molar refractivity (Wildman–Crippen MR) is 45.1 cm³/mol. The minimum absolute atomic E-state index is 0. The summed E-state index contributed by atoms with van der Waals surface area (Å²) in [6.45, 7) is 0. The molecule has 1 aromatic carbocycles. The largest absolute Gasteiger partial charge is 1.00 e. The maximum atomic E-state index is 10.5. The third-order valence-corrected chi connectivity index (χ3v) is 1.80. The molecule has 68 valence electrons. The standard InChI is InChI=1S/C9H5N3O2.Li/c10-4-5-1-2-6-7(3-5)12-8(11-6)9(13)14;/h1-3H,(H,11,12)(H,13,14);/q;+1/p-1. The Morgan fingerprint density at radius 3 is 2.87 bits per heavy atom. The zero-order chi connectivity index (χ0) is 10.1. The van der Waals surface area contributed by atoms with Crippen LogP contribution in [0.3, 0.4) is 0 Å². The number of nitriles is 1. The van der Waals surface area contributed by atoms with Crippen molar-refractivity contribution in [1.82, 2.24) is 9.97 Å². The van der Waals surface area contributed by atoms with Crippen LogP contribution in [0.2, 0.25) is 0 Å². The van der Waals surface area contributed by atoms with E-state index >= 15 is 0 Å². The zero-order valence-electron chi connectivity index (χ0n) is 7.94. The van der Waals surface area contributed by atoms with Gasteiger partial charge in [-0.15, -0.1) is 0 Å². The first kappa shape index (κ1) is 11.3. The van der Waals surface area contributed by atoms with Crippen LogP contribution in [0.1, 0.15) is 16.2 Å². The SMILES string of the molecule is N#Cc1ccc2nc(C(=O)[O-])[nH]c2c1.[Li+]. The first-order valence-corrected chi connectivity index (χ1v) is 3.82. The molecule has 0 fully saturated rings. The third-order valence-electron chi connectivity index (χ3n) is 1.80. The van der Waals surface area contributed by atoms with Crippen molar-refractivity contribution in [3.8, 4) is 6.07 Å². The minimum Gasteiger partial charge on any atom is -0.542 e. The van der Waals surface area contributed by atoms with Crippen LogP contribution < -0.4 is 24.0 Å². The molecule has 2 rings (SSSR count). The number of carbonyl (C=O) groups excluding carboxylic acids is 1. The Kier molecular flexibility index (Phi) is 3.16. The van der Waals surface area contributed by atoms with Crippen LogP contribution in [-0.2, 0) is 0 Å². The molecule has 1 heterocycles. The van der Waals surface area contributed by atoms with Crippen LogP contribution >= 0.6 is 0 Å². The van der Waals surface area contributed by atoms with Gasteiger partial charge in [0.25, 0.3) is 0 Å². The van der Waals surface area contributed by atoms with Gasteiger partial charge in [-0.1, -0.05) is 0 Å². The summed E-state index contributed by atoms with van der Waals surface area (Å²) >= 11 is 0. The molecule has 0 saturated carbocycles. The molecule has 0 aliphatic heterocycles. The monoisotopic (exact) mass is 193 g/mol. The molecule has 0 atom stereocenters. The van der Waals surface area contributed by atoms with Crippen molar-refractivity contribution >= 4 is 17.0 Å². The third kappa shape index (κ3) is 2.02. The van der Waals surface area contributed by atoms with Crippen molar-refractivity contribution in [3.63, 3.8) is 0 Å². The molecule has 0 aliphatic carbocycles. The number of fused-ring (bicyclic) bond motifs is 1. The second-order valence-electron chi connectivity index (χ2n) is 2.72. The number of aromatic nitrogens is 2. The molecular weight excluding hydrogens is 189 g/mol. The van der Waals surface area contributed by atoms with Gasteiger partial charge in [-0.2, -0.15) is 5.26 Å². The maximum absolute atomic E-state index is 10.5. The van der Waals surface area contributed by atoms with Crippen molar-refractivity contribution < 1.29 is 28.8 Å². The summed E-state index contributed by atoms with van der Waals surface area (Å²) in [7, 11) is 0. The molecule has 1 N–H and O–H groups in total. The van der Waals surface area contributed by atoms with E-state index in [2.05, 4.69) is 9.97 Å². The molecule has 0 saturated heterocycles. The molecule has 0 amide bonds. The summed E-state index contributed by atoms with van der Waals surface area (Å²) < 4.78 is 0. The fourth-order valence-electron chi connectivity index (χ4n) is 1.18. The van der Waals surface area contributed by atoms with E-state index in [4.69, 9.17) is 5.26 Å². The molecule has 0 spiro atoms. The zero-order valence-corrected chi connectivity index (χ0v) is 7.94. The number of carbonyl (C=O) groups is 1. The summed E-state index contributed by atoms with van der Waals surface area (Å²) in [6.07, 6.45) is 0. The summed E-state index contributed by atoms with van der Waals surface area (Å²) in [5.41, 5.74) is 1.47. The fraction of sp³-hybridized carbons (Fsp3) is 0. The summed E-state index contributed by atoms with van der Waals surface area (Å²) in [5.74, 6) is -1.59. The van der Waals surface area contributed by atoms with Gasteiger partial charge in [0.1, 0.15) is 5.97 Å². The van der Waals surface area contributed by atoms with Gasteiger partial charge >= 0.3 is 18.9 Å². The van der Waals surface area contributed by atoms with Crippen LogP contribution in [-0.4, -0.2) is 15.9 Å². The van der Waals surface area contributed by atoms with E-state index in [0.717, 1.165) is 0 Å². The van der Waals surface area contributed by atoms with E-state index in [9.17, 15) is 9.90 Å². The number of rotatable bonds is 1. The Morgan fingerprint density at radius 2 is 2.27 bits per heavy atom. The molecule has 0 unspecified atom stereocenters. The van der Waals surface area contributed by atoms with E-state index in [1.807, 2.05) is 6.07 Å². The molecule has 2 aromatic rings. The van der Waals surface area contributed by atoms with E-state index in [-0.39, 0.29) is 24.7 Å². The number of aromatic amines is 1. The molecule has 0 bridgehead atoms. The number of nitrogens with zero attached hydrogens (tertiary/aromatic N) is 2. The summed E-state index contributed by atoms with van der Waals surface area (Å²) in [5, 5.41) is 19.1. The van der Waals surface area contributed by atoms with Crippen LogP contribution in [0.4, 0.5) is 0 Å². The van der Waals surface area contributed by atoms with Gasteiger partial charge in [-0.05, 0) is 18.2 Å². The number of hydrogen-bond donors (Lipinski definition) is 1. The second kappa shape index (κ2) is 4.18. The van der Waals surface area contributed by atoms with Crippen LogP contribution in [0, 0.1) is 11.3 Å². The van der Waals surface area contributed by atoms with Gasteiger partial charge < -0.3 is 14.9 Å². The average molecular weight is 193 g/mol. The normalized spacial score (nSPS) is 9.27. The smallest absolute Gasteiger partial charge is 0.542 e. The number of hydrogen-bond acceptors (Lipinski definition) is 4. The number of imidazole rings is 1. The fourth-order valence-corrected chi connectivity index (χ4v) is 1.18. The first-order valence-electron chi connectivity index (χ1n) is 3.82. The number of carboxylic acid groups (broad SMARTS) is 1. The Bertz CT molecular complexity index is 556. The number of nitrogens with one attached hydrogen (secondary N) is 1. The van der Waals surface area contributed by atoms with E-state index in [1.54, 1.807) is 12.1 Å². The van der Waals surface area contributed by atoms with Crippen molar-refractivity contribution in [2.24, 2.45) is 0 Å². The van der Waals surface area contributed by atoms with Gasteiger partial charge in [0.15, 0.2) is 5.82 Å². The molecule has 5 nitrogen and oxygen atoms in total. The van der Waals surface area contributed by atoms with Gasteiger partial charge in [0, 0.05) is 0 Å². The second-order valence-corrected chi connectivity index (χ2v) is 2.72. The Hall–Kier alpha value is -1.75. The van der Waals surface area contributed by atoms with Crippen molar-refractivity contribution in [2.45, 2.75) is 0 Å². The number of H-pyrrole nitrogens is 1. The summed E-state index contributed by atoms with van der Waals surface area (Å²) in [6, 6.07) is 6.64. The Labute approximate surface area is 96.9 Å². The van der Waals surface area contributed by atoms with Crippen LogP contribution in [0.5, 0.6) is 0 Å². The van der Waals surface area contributed by atoms with Crippen molar-refractivity contribution in [2.75, 3.05) is 0 Å². The molecule has 0 radical (unpaired) electrons. The van der Waals surface area contributed by atoms with Crippen LogP contribution in [0.15, 0.2) is 18.2 Å². The van der Waals surface area contributed by atoms with Gasteiger partial charge in [-0.3, -0.25) is 0 Å². The van der Waals surface area contributed by atoms with Gasteiger partial charge in [0.05, 0.1) is 22.7 Å². The van der Waals surface area contributed by atoms with Crippen LogP contribution in [0.25, 0.3) is 11.0 Å². The maximum Gasteiger partial charge on any atom is 1.00 e. The average Bonchev–Trinajstić information content (AvgIpc) is 2.59. The molecule has 6 heteroatoms. The Balaban J connectivity index is 0.00000112. The molecular formula is C9H4LiN3O2. The van der Waals surface area contributed by atoms with Crippen molar-refractivity contribution in [1.29, 1.82) is 5.26 Å². The molecule has 15 heavy (non-hydrogen) atoms. The quantitative estimate of drug-likeness (QED) is 0.483. The van der Waals surface area contributed by atoms with Gasteiger partial charge in [0.2, 0.25) is 0 Å². The summed E-state index contributed by atoms with van der Waals surface area (Å²) in [4.78, 5) is 16.8. The molecule has 0 aliphatic rings. The first-order chi connectivity index (χ1) is 6.70. The van der Waals surface area contributed by atoms with Gasteiger partial charge in [-0.25, -0.2) is 4.98 Å². The number of carboxylic acids is 1. The van der Waals surface area contributed by atoms with E-state index < -0.39 is 5.97 Å². The predicted octanol–water partition coefficient (Wildman–Crippen LogP) is -3.20. The number of aromatic carboxylic acids is 1. The molecule has 1 aromatic heterocycles. The Morgan fingerprint density at radius 1 is 1.53 bits per heavy atom. The topological polar surface area (TPSA) is 92.6 Å².